The van der Waals surface area contributed by atoms with Crippen LogP contribution >= 0.6 is 24.0 Å². The summed E-state index contributed by atoms with van der Waals surface area (Å²) < 4.78 is 2.08. The zero-order valence-corrected chi connectivity index (χ0v) is 19.0. The summed E-state index contributed by atoms with van der Waals surface area (Å²) in [6, 6.07) is 13.5. The highest BCUT2D eigenvalue weighted by Crippen LogP contribution is 2.25. The predicted molar refractivity (Wildman–Crippen MR) is 124 cm³/mol. The van der Waals surface area contributed by atoms with Crippen LogP contribution in [0.4, 0.5) is 0 Å². The van der Waals surface area contributed by atoms with Gasteiger partial charge in [0.1, 0.15) is 0 Å². The molecule has 0 radical (unpaired) electrons. The van der Waals surface area contributed by atoms with Gasteiger partial charge in [0.05, 0.1) is 0 Å². The van der Waals surface area contributed by atoms with Crippen LogP contribution < -0.4 is 5.32 Å². The molecular weight excluding hydrogens is 449 g/mol. The molecule has 0 amide bonds. The number of benzene rings is 1. The molecule has 1 atom stereocenters. The minimum absolute atomic E-state index is 0. The molecule has 0 saturated carbocycles. The Kier molecular flexibility index (Phi) is 8.63. The molecule has 1 aliphatic rings. The van der Waals surface area contributed by atoms with Gasteiger partial charge in [-0.3, -0.25) is 9.89 Å². The second-order valence-corrected chi connectivity index (χ2v) is 6.94. The molecule has 148 valence electrons. The van der Waals surface area contributed by atoms with Crippen molar-refractivity contribution in [3.05, 3.63) is 59.9 Å². The van der Waals surface area contributed by atoms with Crippen LogP contribution in [0.5, 0.6) is 0 Å². The van der Waals surface area contributed by atoms with Gasteiger partial charge in [0.2, 0.25) is 0 Å². The molecule has 5 nitrogen and oxygen atoms in total. The van der Waals surface area contributed by atoms with Crippen molar-refractivity contribution in [2.45, 2.75) is 25.9 Å². The Morgan fingerprint density at radius 1 is 1.11 bits per heavy atom. The number of nitrogens with zero attached hydrogens (tertiary/aromatic N) is 4. The van der Waals surface area contributed by atoms with E-state index in [0.29, 0.717) is 6.04 Å². The maximum atomic E-state index is 4.49. The molecule has 1 saturated heterocycles. The summed E-state index contributed by atoms with van der Waals surface area (Å²) >= 11 is 0. The van der Waals surface area contributed by atoms with Crippen LogP contribution in [0.1, 0.15) is 30.5 Å². The van der Waals surface area contributed by atoms with E-state index in [4.69, 9.17) is 0 Å². The molecule has 3 rings (SSSR count). The van der Waals surface area contributed by atoms with Gasteiger partial charge in [0.15, 0.2) is 5.96 Å². The Morgan fingerprint density at radius 2 is 1.81 bits per heavy atom. The summed E-state index contributed by atoms with van der Waals surface area (Å²) in [5.74, 6) is 1.00. The minimum Gasteiger partial charge on any atom is -0.357 e. The molecular formula is C21H32IN5. The number of rotatable bonds is 5. The fraction of sp³-hybridized carbons (Fsp3) is 0.476. The lowest BCUT2D eigenvalue weighted by Crippen LogP contribution is -2.52. The third kappa shape index (κ3) is 5.72. The van der Waals surface area contributed by atoms with E-state index < -0.39 is 0 Å². The van der Waals surface area contributed by atoms with Gasteiger partial charge in [0, 0.05) is 65.3 Å². The summed E-state index contributed by atoms with van der Waals surface area (Å²) in [5.41, 5.74) is 2.71. The largest absolute Gasteiger partial charge is 0.357 e. The molecule has 0 aliphatic carbocycles. The van der Waals surface area contributed by atoms with Gasteiger partial charge >= 0.3 is 0 Å². The van der Waals surface area contributed by atoms with Crippen LogP contribution in [0, 0.1) is 0 Å². The lowest BCUT2D eigenvalue weighted by atomic mass is 10.0. The molecule has 0 spiro atoms. The molecule has 1 aromatic heterocycles. The predicted octanol–water partition coefficient (Wildman–Crippen LogP) is 3.49. The number of aromatic nitrogens is 1. The van der Waals surface area contributed by atoms with Crippen molar-refractivity contribution < 1.29 is 0 Å². The van der Waals surface area contributed by atoms with Gasteiger partial charge in [-0.15, -0.1) is 24.0 Å². The van der Waals surface area contributed by atoms with Crippen LogP contribution in [-0.4, -0.2) is 53.6 Å². The third-order valence-electron chi connectivity index (χ3n) is 5.18. The topological polar surface area (TPSA) is 35.8 Å². The number of nitrogens with one attached hydrogen (secondary N) is 1. The second kappa shape index (κ2) is 10.7. The van der Waals surface area contributed by atoms with E-state index in [-0.39, 0.29) is 24.0 Å². The Bertz CT molecular complexity index is 704. The Balaban J connectivity index is 0.00000261. The van der Waals surface area contributed by atoms with Crippen molar-refractivity contribution in [2.75, 3.05) is 33.2 Å². The normalized spacial score (nSPS) is 16.7. The first-order valence-corrected chi connectivity index (χ1v) is 9.56. The number of halogens is 1. The first kappa shape index (κ1) is 21.8. The fourth-order valence-electron chi connectivity index (χ4n) is 3.80. The van der Waals surface area contributed by atoms with Crippen LogP contribution in [0.3, 0.4) is 0 Å². The van der Waals surface area contributed by atoms with Crippen LogP contribution in [0.2, 0.25) is 0 Å². The fourth-order valence-corrected chi connectivity index (χ4v) is 3.80. The highest BCUT2D eigenvalue weighted by Gasteiger charge is 2.25. The van der Waals surface area contributed by atoms with Gasteiger partial charge < -0.3 is 14.8 Å². The van der Waals surface area contributed by atoms with Crippen molar-refractivity contribution in [1.29, 1.82) is 0 Å². The van der Waals surface area contributed by atoms with Gasteiger partial charge in [-0.2, -0.15) is 0 Å². The number of hydrogen-bond donors (Lipinski definition) is 1. The zero-order valence-electron chi connectivity index (χ0n) is 16.6. The Hall–Kier alpha value is -1.54. The Morgan fingerprint density at radius 3 is 2.37 bits per heavy atom. The van der Waals surface area contributed by atoms with Crippen molar-refractivity contribution in [3.63, 3.8) is 0 Å². The number of piperazine rings is 1. The third-order valence-corrected chi connectivity index (χ3v) is 5.18. The molecule has 6 heteroatoms. The first-order valence-electron chi connectivity index (χ1n) is 9.56. The zero-order chi connectivity index (χ0) is 18.4. The molecule has 1 fully saturated rings. The van der Waals surface area contributed by atoms with E-state index in [1.54, 1.807) is 0 Å². The van der Waals surface area contributed by atoms with Crippen molar-refractivity contribution in [1.82, 2.24) is 19.7 Å². The minimum atomic E-state index is 0. The molecule has 2 aromatic rings. The molecule has 1 N–H and O–H groups in total. The van der Waals surface area contributed by atoms with Gasteiger partial charge in [-0.25, -0.2) is 0 Å². The van der Waals surface area contributed by atoms with E-state index in [2.05, 4.69) is 87.4 Å². The van der Waals surface area contributed by atoms with E-state index in [0.717, 1.165) is 45.1 Å². The van der Waals surface area contributed by atoms with Gasteiger partial charge in [0.25, 0.3) is 0 Å². The highest BCUT2D eigenvalue weighted by atomic mass is 127. The summed E-state index contributed by atoms with van der Waals surface area (Å²) in [5, 5.41) is 3.50. The van der Waals surface area contributed by atoms with Gasteiger partial charge in [-0.1, -0.05) is 37.3 Å². The van der Waals surface area contributed by atoms with E-state index >= 15 is 0 Å². The van der Waals surface area contributed by atoms with Crippen molar-refractivity contribution in [3.8, 4) is 0 Å². The molecule has 1 aromatic carbocycles. The SMILES string of the molecule is CCC(c1ccccc1)N1CCN(C(=NC)NCc2ccn(C)c2)CC1.I. The number of aryl methyl sites for hydroxylation is 1. The van der Waals surface area contributed by atoms with Crippen LogP contribution in [0.15, 0.2) is 53.8 Å². The van der Waals surface area contributed by atoms with Crippen molar-refractivity contribution in [2.24, 2.45) is 12.0 Å². The lowest BCUT2D eigenvalue weighted by Gasteiger charge is -2.40. The molecule has 0 bridgehead atoms. The first-order chi connectivity index (χ1) is 12.7. The number of hydrogen-bond acceptors (Lipinski definition) is 2. The number of guanidine groups is 1. The molecule has 1 aliphatic heterocycles. The average Bonchev–Trinajstić information content (AvgIpc) is 3.10. The van der Waals surface area contributed by atoms with Crippen LogP contribution in [0.25, 0.3) is 0 Å². The van der Waals surface area contributed by atoms with E-state index in [1.807, 2.05) is 7.05 Å². The molecule has 1 unspecified atom stereocenters. The summed E-state index contributed by atoms with van der Waals surface area (Å²) in [4.78, 5) is 9.47. The monoisotopic (exact) mass is 481 g/mol. The second-order valence-electron chi connectivity index (χ2n) is 6.94. The quantitative estimate of drug-likeness (QED) is 0.404. The standard InChI is InChI=1S/C21H31N5.HI/c1-4-20(19-8-6-5-7-9-19)25-12-14-26(15-13-25)21(22-2)23-16-18-10-11-24(3)17-18;/h5-11,17,20H,4,12-16H2,1-3H3,(H,22,23);1H. The van der Waals surface area contributed by atoms with Gasteiger partial charge in [-0.05, 0) is 23.6 Å². The maximum Gasteiger partial charge on any atom is 0.194 e. The van der Waals surface area contributed by atoms with Crippen LogP contribution in [-0.2, 0) is 13.6 Å². The Labute approximate surface area is 180 Å². The smallest absolute Gasteiger partial charge is 0.194 e. The van der Waals surface area contributed by atoms with E-state index in [1.165, 1.54) is 11.1 Å². The highest BCUT2D eigenvalue weighted by molar-refractivity contribution is 14.0. The average molecular weight is 481 g/mol. The van der Waals surface area contributed by atoms with Crippen molar-refractivity contribution >= 4 is 29.9 Å². The summed E-state index contributed by atoms with van der Waals surface area (Å²) in [6.45, 7) is 7.26. The molecule has 2 heterocycles. The van der Waals surface area contributed by atoms with E-state index in [9.17, 15) is 0 Å². The lowest BCUT2D eigenvalue weighted by molar-refractivity contribution is 0.127. The maximum absolute atomic E-state index is 4.49. The number of aliphatic imine (C=N–C) groups is 1. The summed E-state index contributed by atoms with van der Waals surface area (Å²) in [6.07, 6.45) is 5.36. The summed E-state index contributed by atoms with van der Waals surface area (Å²) in [7, 11) is 3.92. The molecule has 27 heavy (non-hydrogen) atoms.